The van der Waals surface area contributed by atoms with Gasteiger partial charge >= 0.3 is 0 Å². The van der Waals surface area contributed by atoms with Crippen LogP contribution in [-0.4, -0.2) is 17.6 Å². The van der Waals surface area contributed by atoms with Gasteiger partial charge in [0.15, 0.2) is 4.80 Å². The van der Waals surface area contributed by atoms with Gasteiger partial charge < -0.3 is 19.1 Å². The molecule has 1 aliphatic carbocycles. The van der Waals surface area contributed by atoms with Gasteiger partial charge in [0, 0.05) is 17.2 Å². The second-order valence-corrected chi connectivity index (χ2v) is 11.4. The average molecular weight is 574 g/mol. The van der Waals surface area contributed by atoms with Gasteiger partial charge in [-0.25, -0.2) is 4.99 Å². The number of rotatable bonds is 5. The predicted octanol–water partition coefficient (Wildman–Crippen LogP) is 4.26. The monoisotopic (exact) mass is 573 g/mol. The van der Waals surface area contributed by atoms with Crippen molar-refractivity contribution in [3.05, 3.63) is 138 Å². The van der Waals surface area contributed by atoms with Gasteiger partial charge in [-0.05, 0) is 77.9 Å². The number of carbonyl (C=O) groups is 1. The van der Waals surface area contributed by atoms with E-state index in [4.69, 9.17) is 14.1 Å². The molecule has 0 spiro atoms. The maximum absolute atomic E-state index is 14.0. The largest absolute Gasteiger partial charge is 0.545 e. The van der Waals surface area contributed by atoms with E-state index >= 15 is 0 Å². The zero-order chi connectivity index (χ0) is 29.0. The number of methoxy groups -OCH3 is 1. The Morgan fingerprint density at radius 3 is 2.71 bits per heavy atom. The number of carboxylic acid groups (broad SMARTS) is 1. The van der Waals surface area contributed by atoms with Crippen molar-refractivity contribution in [2.45, 2.75) is 25.8 Å². The second kappa shape index (κ2) is 10.2. The van der Waals surface area contributed by atoms with Crippen molar-refractivity contribution < 1.29 is 19.1 Å². The molecule has 1 unspecified atom stereocenters. The van der Waals surface area contributed by atoms with Crippen molar-refractivity contribution in [1.82, 2.24) is 4.57 Å². The Kier molecular flexibility index (Phi) is 6.28. The van der Waals surface area contributed by atoms with Gasteiger partial charge in [0.2, 0.25) is 0 Å². The molecule has 2 aliphatic rings. The summed E-state index contributed by atoms with van der Waals surface area (Å²) < 4.78 is 13.9. The van der Waals surface area contributed by atoms with Gasteiger partial charge in [-0.3, -0.25) is 9.36 Å². The Bertz CT molecular complexity index is 2110. The zero-order valence-corrected chi connectivity index (χ0v) is 23.7. The molecular formula is C34H25N2O5S-. The standard InChI is InChI=1S/C34H26N2O5S/c1-19-16-22(33(38)39)11-13-25(19)28-15-12-24(41-28)18-29-32(37)36-31(21-7-5-8-23(17-21)40-2)27-14-10-20-6-3-4-9-26(20)30(27)35-34(36)42-29/h3-9,11-13,15-18,31H,10,14H2,1-2H3,(H,38,39)/p-1/b29-18+. The lowest BCUT2D eigenvalue weighted by atomic mass is 9.83. The van der Waals surface area contributed by atoms with Crippen LogP contribution >= 0.6 is 11.3 Å². The number of carboxylic acids is 1. The first-order valence-electron chi connectivity index (χ1n) is 13.6. The summed E-state index contributed by atoms with van der Waals surface area (Å²) in [6, 6.07) is 24.3. The lowest BCUT2D eigenvalue weighted by molar-refractivity contribution is -0.255. The topological polar surface area (TPSA) is 96.9 Å². The van der Waals surface area contributed by atoms with Crippen LogP contribution in [0.4, 0.5) is 0 Å². The third kappa shape index (κ3) is 4.31. The van der Waals surface area contributed by atoms with E-state index in [1.165, 1.54) is 23.0 Å². The molecule has 8 heteroatoms. The molecule has 0 saturated carbocycles. The Morgan fingerprint density at radius 1 is 1.05 bits per heavy atom. The molecule has 42 heavy (non-hydrogen) atoms. The van der Waals surface area contributed by atoms with Crippen molar-refractivity contribution in [2.24, 2.45) is 4.99 Å². The lowest BCUT2D eigenvalue weighted by Crippen LogP contribution is -2.38. The van der Waals surface area contributed by atoms with Crippen LogP contribution < -0.4 is 24.7 Å². The number of aromatic carboxylic acids is 1. The molecule has 0 bridgehead atoms. The molecule has 7 nitrogen and oxygen atoms in total. The third-order valence-corrected chi connectivity index (χ3v) is 8.89. The second-order valence-electron chi connectivity index (χ2n) is 10.4. The number of allylic oxidation sites excluding steroid dienone is 1. The molecule has 0 fully saturated rings. The molecule has 208 valence electrons. The molecule has 1 atom stereocenters. The fourth-order valence-corrected chi connectivity index (χ4v) is 6.89. The van der Waals surface area contributed by atoms with Crippen molar-refractivity contribution in [3.8, 4) is 17.1 Å². The van der Waals surface area contributed by atoms with E-state index < -0.39 is 5.97 Å². The van der Waals surface area contributed by atoms with Gasteiger partial charge in [0.25, 0.3) is 5.56 Å². The molecule has 0 saturated heterocycles. The number of aryl methyl sites for hydroxylation is 2. The number of benzene rings is 3. The van der Waals surface area contributed by atoms with E-state index in [1.54, 1.807) is 36.0 Å². The SMILES string of the molecule is COc1cccc(C2C3=C(N=c4s/c(=C/c5ccc(-c6ccc(C(=O)[O-])cc6C)o5)c(=O)n42)c2ccccc2CC3)c1. The van der Waals surface area contributed by atoms with E-state index in [1.807, 2.05) is 43.3 Å². The molecule has 1 aliphatic heterocycles. The van der Waals surface area contributed by atoms with E-state index in [9.17, 15) is 14.7 Å². The third-order valence-electron chi connectivity index (χ3n) is 7.91. The maximum atomic E-state index is 14.0. The van der Waals surface area contributed by atoms with Crippen LogP contribution in [0.25, 0.3) is 23.1 Å². The number of hydrogen-bond acceptors (Lipinski definition) is 7. The summed E-state index contributed by atoms with van der Waals surface area (Å²) in [6.45, 7) is 1.82. The lowest BCUT2D eigenvalue weighted by Gasteiger charge is -2.31. The Morgan fingerprint density at radius 2 is 1.90 bits per heavy atom. The number of hydrogen-bond donors (Lipinski definition) is 0. The highest BCUT2D eigenvalue weighted by atomic mass is 32.1. The first-order valence-corrected chi connectivity index (χ1v) is 14.4. The van der Waals surface area contributed by atoms with Gasteiger partial charge in [-0.15, -0.1) is 0 Å². The minimum Gasteiger partial charge on any atom is -0.545 e. The molecule has 3 aromatic carbocycles. The zero-order valence-electron chi connectivity index (χ0n) is 22.9. The number of thiazole rings is 1. The van der Waals surface area contributed by atoms with Crippen LogP contribution in [0.3, 0.4) is 0 Å². The Balaban J connectivity index is 1.37. The van der Waals surface area contributed by atoms with Crippen molar-refractivity contribution in [1.29, 1.82) is 0 Å². The van der Waals surface area contributed by atoms with Crippen LogP contribution in [0, 0.1) is 6.92 Å². The molecule has 3 heterocycles. The highest BCUT2D eigenvalue weighted by molar-refractivity contribution is 7.07. The molecular weight excluding hydrogens is 548 g/mol. The first-order chi connectivity index (χ1) is 20.4. The number of aromatic nitrogens is 1. The quantitative estimate of drug-likeness (QED) is 0.313. The Hall–Kier alpha value is -4.95. The smallest absolute Gasteiger partial charge is 0.271 e. The molecule has 5 aromatic rings. The van der Waals surface area contributed by atoms with Gasteiger partial charge in [0.05, 0.1) is 29.4 Å². The summed E-state index contributed by atoms with van der Waals surface area (Å²) in [6.07, 6.45) is 3.44. The normalized spacial score (nSPS) is 16.0. The first kappa shape index (κ1) is 26.0. The molecule has 0 N–H and O–H groups in total. The number of carbonyl (C=O) groups excluding carboxylic acids is 1. The highest BCUT2D eigenvalue weighted by Crippen LogP contribution is 2.41. The summed E-state index contributed by atoms with van der Waals surface area (Å²) >= 11 is 1.34. The number of furan rings is 1. The molecule has 0 amide bonds. The summed E-state index contributed by atoms with van der Waals surface area (Å²) in [7, 11) is 1.64. The van der Waals surface area contributed by atoms with Gasteiger partial charge in [-0.1, -0.05) is 59.9 Å². The van der Waals surface area contributed by atoms with Crippen LogP contribution in [0.1, 0.15) is 50.8 Å². The van der Waals surface area contributed by atoms with E-state index in [0.29, 0.717) is 20.9 Å². The summed E-state index contributed by atoms with van der Waals surface area (Å²) in [5.41, 5.74) is 6.90. The fraction of sp³-hybridized carbons (Fsp3) is 0.147. The van der Waals surface area contributed by atoms with Crippen LogP contribution in [0.2, 0.25) is 0 Å². The predicted molar refractivity (Wildman–Crippen MR) is 159 cm³/mol. The van der Waals surface area contributed by atoms with E-state index in [2.05, 4.69) is 18.2 Å². The van der Waals surface area contributed by atoms with E-state index in [0.717, 1.165) is 52.1 Å². The summed E-state index contributed by atoms with van der Waals surface area (Å²) in [5, 5.41) is 11.2. The summed E-state index contributed by atoms with van der Waals surface area (Å²) in [5.74, 6) is 0.608. The minimum absolute atomic E-state index is 0.111. The highest BCUT2D eigenvalue weighted by Gasteiger charge is 2.32. The van der Waals surface area contributed by atoms with E-state index in [-0.39, 0.29) is 17.2 Å². The van der Waals surface area contributed by atoms with Gasteiger partial charge in [-0.2, -0.15) is 0 Å². The van der Waals surface area contributed by atoms with Crippen LogP contribution in [-0.2, 0) is 6.42 Å². The molecule has 7 rings (SSSR count). The average Bonchev–Trinajstić information content (AvgIpc) is 3.59. The molecule has 0 radical (unpaired) electrons. The summed E-state index contributed by atoms with van der Waals surface area (Å²) in [4.78, 5) is 31.0. The van der Waals surface area contributed by atoms with Gasteiger partial charge in [0.1, 0.15) is 17.3 Å². The van der Waals surface area contributed by atoms with Crippen molar-refractivity contribution in [3.63, 3.8) is 0 Å². The van der Waals surface area contributed by atoms with Crippen LogP contribution in [0.15, 0.2) is 98.6 Å². The number of fused-ring (bicyclic) bond motifs is 3. The maximum Gasteiger partial charge on any atom is 0.271 e. The number of ether oxygens (including phenoxy) is 1. The van der Waals surface area contributed by atoms with Crippen molar-refractivity contribution in [2.75, 3.05) is 7.11 Å². The van der Waals surface area contributed by atoms with Crippen LogP contribution in [0.5, 0.6) is 5.75 Å². The minimum atomic E-state index is -1.22. The Labute approximate surface area is 245 Å². The number of nitrogens with zero attached hydrogens (tertiary/aromatic N) is 2. The van der Waals surface area contributed by atoms with Crippen molar-refractivity contribution >= 4 is 29.1 Å². The fourth-order valence-electron chi connectivity index (χ4n) is 5.91. The molecule has 2 aromatic heterocycles.